The maximum absolute atomic E-state index is 10.8. The molecule has 1 aromatic carbocycles. The molecule has 0 fully saturated rings. The van der Waals surface area contributed by atoms with E-state index in [4.69, 9.17) is 9.84 Å². The predicted octanol–water partition coefficient (Wildman–Crippen LogP) is 2.12. The average molecular weight is 314 g/mol. The quantitative estimate of drug-likeness (QED) is 0.899. The van der Waals surface area contributed by atoms with Gasteiger partial charge in [-0.25, -0.2) is 0 Å². The van der Waals surface area contributed by atoms with E-state index in [0.717, 1.165) is 16.7 Å². The van der Waals surface area contributed by atoms with Gasteiger partial charge in [-0.05, 0) is 23.8 Å². The van der Waals surface area contributed by atoms with Crippen LogP contribution < -0.4 is 4.74 Å². The molecule has 120 valence electrons. The second-order valence-electron chi connectivity index (χ2n) is 5.49. The highest BCUT2D eigenvalue weighted by Crippen LogP contribution is 2.37. The molecular formula is C17H18N2O4. The van der Waals surface area contributed by atoms with Crippen LogP contribution in [0.25, 0.3) is 11.1 Å². The molecule has 6 heteroatoms. The summed E-state index contributed by atoms with van der Waals surface area (Å²) in [6.07, 6.45) is 3.52. The van der Waals surface area contributed by atoms with Crippen LogP contribution in [-0.2, 0) is 11.3 Å². The van der Waals surface area contributed by atoms with Crippen molar-refractivity contribution in [3.05, 3.63) is 42.2 Å². The molecule has 0 bridgehead atoms. The number of carboxylic acids is 1. The summed E-state index contributed by atoms with van der Waals surface area (Å²) in [4.78, 5) is 16.9. The van der Waals surface area contributed by atoms with Gasteiger partial charge in [-0.15, -0.1) is 0 Å². The van der Waals surface area contributed by atoms with Gasteiger partial charge in [-0.3, -0.25) is 14.7 Å². The molecule has 1 aliphatic heterocycles. The Hall–Kier alpha value is -2.60. The minimum absolute atomic E-state index is 0.0869. The second-order valence-corrected chi connectivity index (χ2v) is 5.49. The predicted molar refractivity (Wildman–Crippen MR) is 84.4 cm³/mol. The highest BCUT2D eigenvalue weighted by atomic mass is 16.5. The summed E-state index contributed by atoms with van der Waals surface area (Å²) in [5, 5.41) is 19.1. The van der Waals surface area contributed by atoms with Gasteiger partial charge < -0.3 is 14.9 Å². The largest absolute Gasteiger partial charge is 0.504 e. The molecule has 0 aliphatic carbocycles. The monoisotopic (exact) mass is 314 g/mol. The Balaban J connectivity index is 1.90. The van der Waals surface area contributed by atoms with E-state index in [1.807, 2.05) is 23.1 Å². The van der Waals surface area contributed by atoms with Gasteiger partial charge in [0.05, 0.1) is 6.42 Å². The molecule has 0 amide bonds. The third-order valence-electron chi connectivity index (χ3n) is 3.83. The standard InChI is InChI=1S/C17H18N2O4/c20-15-9-13(12-2-1-4-18-10-12)8-14-11-19(5-3-16(21)22)6-7-23-17(14)15/h1-2,4,8-10,20H,3,5-7,11H2,(H,21,22). The molecule has 3 rings (SSSR count). The van der Waals surface area contributed by atoms with Crippen LogP contribution in [0.3, 0.4) is 0 Å². The second kappa shape index (κ2) is 6.66. The van der Waals surface area contributed by atoms with E-state index in [-0.39, 0.29) is 12.2 Å². The molecule has 0 atom stereocenters. The number of pyridine rings is 1. The highest BCUT2D eigenvalue weighted by molar-refractivity contribution is 5.68. The summed E-state index contributed by atoms with van der Waals surface area (Å²) in [6.45, 7) is 2.05. The number of fused-ring (bicyclic) bond motifs is 1. The molecule has 2 aromatic rings. The number of phenols is 1. The van der Waals surface area contributed by atoms with Gasteiger partial charge in [0, 0.05) is 43.2 Å². The number of carboxylic acid groups (broad SMARTS) is 1. The zero-order valence-electron chi connectivity index (χ0n) is 12.6. The minimum Gasteiger partial charge on any atom is -0.504 e. The van der Waals surface area contributed by atoms with Crippen LogP contribution in [0, 0.1) is 0 Å². The molecule has 2 N–H and O–H groups in total. The first kappa shape index (κ1) is 15.3. The number of carbonyl (C=O) groups is 1. The zero-order chi connectivity index (χ0) is 16.2. The summed E-state index contributed by atoms with van der Waals surface area (Å²) in [7, 11) is 0. The number of hydrogen-bond acceptors (Lipinski definition) is 5. The van der Waals surface area contributed by atoms with E-state index in [0.29, 0.717) is 32.0 Å². The van der Waals surface area contributed by atoms with Gasteiger partial charge in [0.15, 0.2) is 11.5 Å². The maximum Gasteiger partial charge on any atom is 0.304 e. The number of benzene rings is 1. The van der Waals surface area contributed by atoms with E-state index in [1.165, 1.54) is 0 Å². The van der Waals surface area contributed by atoms with E-state index in [1.54, 1.807) is 18.5 Å². The zero-order valence-corrected chi connectivity index (χ0v) is 12.6. The molecule has 0 saturated heterocycles. The normalized spacial score (nSPS) is 14.6. The van der Waals surface area contributed by atoms with Gasteiger partial charge in [0.25, 0.3) is 0 Å². The number of rotatable bonds is 4. The summed E-state index contributed by atoms with van der Waals surface area (Å²) in [5.41, 5.74) is 2.62. The summed E-state index contributed by atoms with van der Waals surface area (Å²) < 4.78 is 5.65. The van der Waals surface area contributed by atoms with E-state index in [9.17, 15) is 9.90 Å². The van der Waals surface area contributed by atoms with Crippen molar-refractivity contribution < 1.29 is 19.7 Å². The van der Waals surface area contributed by atoms with Crippen LogP contribution in [0.5, 0.6) is 11.5 Å². The van der Waals surface area contributed by atoms with Crippen molar-refractivity contribution in [1.29, 1.82) is 0 Å². The number of aromatic nitrogens is 1. The Morgan fingerprint density at radius 3 is 2.96 bits per heavy atom. The fourth-order valence-corrected chi connectivity index (χ4v) is 2.70. The van der Waals surface area contributed by atoms with Gasteiger partial charge >= 0.3 is 5.97 Å². The molecule has 1 aliphatic rings. The van der Waals surface area contributed by atoms with Crippen LogP contribution >= 0.6 is 0 Å². The number of phenolic OH excluding ortho intramolecular Hbond substituents is 1. The number of nitrogens with zero attached hydrogens (tertiary/aromatic N) is 2. The van der Waals surface area contributed by atoms with E-state index < -0.39 is 5.97 Å². The SMILES string of the molecule is O=C(O)CCN1CCOc2c(O)cc(-c3cccnc3)cc2C1. The van der Waals surface area contributed by atoms with Crippen molar-refractivity contribution in [2.45, 2.75) is 13.0 Å². The Morgan fingerprint density at radius 1 is 1.35 bits per heavy atom. The Bertz CT molecular complexity index is 703. The fraction of sp³-hybridized carbons (Fsp3) is 0.294. The summed E-state index contributed by atoms with van der Waals surface area (Å²) in [5.74, 6) is -0.237. The number of aliphatic carboxylic acids is 1. The lowest BCUT2D eigenvalue weighted by atomic mass is 10.0. The smallest absolute Gasteiger partial charge is 0.304 e. The summed E-state index contributed by atoms with van der Waals surface area (Å²) in [6, 6.07) is 7.40. The molecule has 2 heterocycles. The Labute approximate surface area is 134 Å². The van der Waals surface area contributed by atoms with Crippen LogP contribution in [0.2, 0.25) is 0 Å². The van der Waals surface area contributed by atoms with Crippen LogP contribution in [-0.4, -0.2) is 45.8 Å². The van der Waals surface area contributed by atoms with Gasteiger partial charge in [0.2, 0.25) is 0 Å². The molecule has 0 spiro atoms. The minimum atomic E-state index is -0.817. The van der Waals surface area contributed by atoms with Crippen molar-refractivity contribution in [3.8, 4) is 22.6 Å². The van der Waals surface area contributed by atoms with Crippen molar-refractivity contribution in [2.75, 3.05) is 19.7 Å². The molecule has 6 nitrogen and oxygen atoms in total. The molecule has 0 saturated carbocycles. The lowest BCUT2D eigenvalue weighted by Crippen LogP contribution is -2.28. The third-order valence-corrected chi connectivity index (χ3v) is 3.83. The van der Waals surface area contributed by atoms with E-state index >= 15 is 0 Å². The van der Waals surface area contributed by atoms with Crippen molar-refractivity contribution in [2.24, 2.45) is 0 Å². The first-order chi connectivity index (χ1) is 11.1. The first-order valence-corrected chi connectivity index (χ1v) is 7.47. The van der Waals surface area contributed by atoms with Gasteiger partial charge in [-0.1, -0.05) is 6.07 Å². The highest BCUT2D eigenvalue weighted by Gasteiger charge is 2.20. The van der Waals surface area contributed by atoms with Crippen LogP contribution in [0.15, 0.2) is 36.7 Å². The fourth-order valence-electron chi connectivity index (χ4n) is 2.70. The molecule has 0 radical (unpaired) electrons. The van der Waals surface area contributed by atoms with Gasteiger partial charge in [0.1, 0.15) is 6.61 Å². The average Bonchev–Trinajstić information content (AvgIpc) is 2.76. The number of ether oxygens (including phenoxy) is 1. The molecular weight excluding hydrogens is 296 g/mol. The van der Waals surface area contributed by atoms with E-state index in [2.05, 4.69) is 4.98 Å². The maximum atomic E-state index is 10.8. The topological polar surface area (TPSA) is 82.9 Å². The number of hydrogen-bond donors (Lipinski definition) is 2. The molecule has 0 unspecified atom stereocenters. The van der Waals surface area contributed by atoms with Crippen molar-refractivity contribution in [1.82, 2.24) is 9.88 Å². The lowest BCUT2D eigenvalue weighted by molar-refractivity contribution is -0.137. The van der Waals surface area contributed by atoms with Crippen LogP contribution in [0.1, 0.15) is 12.0 Å². The molecule has 1 aromatic heterocycles. The third kappa shape index (κ3) is 3.60. The Kier molecular flexibility index (Phi) is 4.43. The van der Waals surface area contributed by atoms with Crippen molar-refractivity contribution >= 4 is 5.97 Å². The van der Waals surface area contributed by atoms with Crippen molar-refractivity contribution in [3.63, 3.8) is 0 Å². The van der Waals surface area contributed by atoms with Gasteiger partial charge in [-0.2, -0.15) is 0 Å². The summed E-state index contributed by atoms with van der Waals surface area (Å²) >= 11 is 0. The van der Waals surface area contributed by atoms with Crippen LogP contribution in [0.4, 0.5) is 0 Å². The lowest BCUT2D eigenvalue weighted by Gasteiger charge is -2.18. The Morgan fingerprint density at radius 2 is 2.22 bits per heavy atom. The first-order valence-electron chi connectivity index (χ1n) is 7.47. The molecule has 23 heavy (non-hydrogen) atoms. The number of aromatic hydroxyl groups is 1.